The van der Waals surface area contributed by atoms with Crippen molar-refractivity contribution in [3.8, 4) is 5.75 Å². The van der Waals surface area contributed by atoms with E-state index in [9.17, 15) is 5.11 Å². The minimum absolute atomic E-state index is 0.0509. The predicted octanol–water partition coefficient (Wildman–Crippen LogP) is 1.78. The van der Waals surface area contributed by atoms with Crippen LogP contribution in [0, 0.1) is 6.92 Å². The molecule has 2 atom stereocenters. The fourth-order valence-corrected chi connectivity index (χ4v) is 3.22. The van der Waals surface area contributed by atoms with Gasteiger partial charge in [0.05, 0.1) is 19.3 Å². The lowest BCUT2D eigenvalue weighted by Crippen LogP contribution is -2.47. The Labute approximate surface area is 117 Å². The number of rotatable bonds is 1. The van der Waals surface area contributed by atoms with Crippen LogP contribution in [-0.2, 0) is 4.74 Å². The highest BCUT2D eigenvalue weighted by Gasteiger charge is 2.35. The number of aryl methyl sites for hydroxylation is 1. The van der Waals surface area contributed by atoms with E-state index in [0.29, 0.717) is 24.8 Å². The summed E-state index contributed by atoms with van der Waals surface area (Å²) in [5, 5.41) is 11.0. The minimum atomic E-state index is -0.525. The molecule has 1 aromatic rings. The van der Waals surface area contributed by atoms with Gasteiger partial charge >= 0.3 is 0 Å². The molecule has 0 aromatic heterocycles. The maximum atomic E-state index is 10.3. The van der Waals surface area contributed by atoms with Crippen LogP contribution in [0.2, 0.25) is 5.02 Å². The highest BCUT2D eigenvalue weighted by Crippen LogP contribution is 2.40. The third-order valence-corrected chi connectivity index (χ3v) is 4.01. The van der Waals surface area contributed by atoms with E-state index in [0.717, 1.165) is 30.0 Å². The van der Waals surface area contributed by atoms with Crippen molar-refractivity contribution < 1.29 is 14.6 Å². The number of aliphatic hydroxyl groups is 1. The molecule has 1 saturated heterocycles. The molecule has 1 fully saturated rings. The van der Waals surface area contributed by atoms with Crippen molar-refractivity contribution in [2.45, 2.75) is 19.1 Å². The average Bonchev–Trinajstić information content (AvgIpc) is 2.39. The van der Waals surface area contributed by atoms with Gasteiger partial charge in [-0.15, -0.1) is 0 Å². The molecule has 1 N–H and O–H groups in total. The fourth-order valence-electron chi connectivity index (χ4n) is 2.94. The third-order valence-electron chi connectivity index (χ3n) is 3.79. The molecule has 0 radical (unpaired) electrons. The Bertz CT molecular complexity index is 474. The molecule has 104 valence electrons. The van der Waals surface area contributed by atoms with Crippen LogP contribution in [0.4, 0.5) is 0 Å². The molecule has 19 heavy (non-hydrogen) atoms. The molecular weight excluding hydrogens is 266 g/mol. The Morgan fingerprint density at radius 2 is 2.05 bits per heavy atom. The number of hydrogen-bond acceptors (Lipinski definition) is 4. The van der Waals surface area contributed by atoms with Crippen LogP contribution in [0.1, 0.15) is 17.2 Å². The van der Waals surface area contributed by atoms with E-state index in [1.54, 1.807) is 0 Å². The van der Waals surface area contributed by atoms with Crippen LogP contribution in [0.15, 0.2) is 12.1 Å². The molecule has 1 aromatic carbocycles. The molecule has 4 nitrogen and oxygen atoms in total. The van der Waals surface area contributed by atoms with Gasteiger partial charge < -0.3 is 14.6 Å². The molecule has 2 aliphatic heterocycles. The summed E-state index contributed by atoms with van der Waals surface area (Å²) in [4.78, 5) is 2.26. The Morgan fingerprint density at radius 1 is 1.32 bits per heavy atom. The molecule has 5 heteroatoms. The van der Waals surface area contributed by atoms with Gasteiger partial charge in [-0.2, -0.15) is 0 Å². The van der Waals surface area contributed by atoms with Crippen molar-refractivity contribution in [1.29, 1.82) is 0 Å². The first kappa shape index (κ1) is 13.2. The summed E-state index contributed by atoms with van der Waals surface area (Å²) >= 11 is 6.15. The van der Waals surface area contributed by atoms with Crippen molar-refractivity contribution in [2.75, 3.05) is 32.9 Å². The number of fused-ring (bicyclic) bond motifs is 1. The lowest BCUT2D eigenvalue weighted by atomic mass is 9.94. The Morgan fingerprint density at radius 3 is 2.79 bits per heavy atom. The van der Waals surface area contributed by atoms with E-state index in [1.165, 1.54) is 0 Å². The first-order valence-electron chi connectivity index (χ1n) is 6.59. The first-order valence-corrected chi connectivity index (χ1v) is 6.97. The van der Waals surface area contributed by atoms with Gasteiger partial charge in [0.15, 0.2) is 0 Å². The smallest absolute Gasteiger partial charge is 0.127 e. The molecule has 0 aliphatic carbocycles. The monoisotopic (exact) mass is 283 g/mol. The normalized spacial score (nSPS) is 27.7. The standard InChI is InChI=1S/C14H18ClNO3/c1-9-6-10(15)7-11-13(12(17)8-19-14(9)11)16-2-4-18-5-3-16/h6-7,12-13,17H,2-5,8H2,1H3. The quantitative estimate of drug-likeness (QED) is 0.853. The number of ether oxygens (including phenoxy) is 2. The van der Waals surface area contributed by atoms with Crippen molar-refractivity contribution in [3.63, 3.8) is 0 Å². The molecule has 0 spiro atoms. The highest BCUT2D eigenvalue weighted by atomic mass is 35.5. The van der Waals surface area contributed by atoms with Gasteiger partial charge in [-0.3, -0.25) is 4.90 Å². The minimum Gasteiger partial charge on any atom is -0.490 e. The van der Waals surface area contributed by atoms with Gasteiger partial charge in [-0.1, -0.05) is 11.6 Å². The third kappa shape index (κ3) is 2.46. The molecule has 2 unspecified atom stereocenters. The zero-order chi connectivity index (χ0) is 13.4. The molecule has 0 saturated carbocycles. The first-order chi connectivity index (χ1) is 9.16. The van der Waals surface area contributed by atoms with Gasteiger partial charge in [0.2, 0.25) is 0 Å². The van der Waals surface area contributed by atoms with Gasteiger partial charge in [0, 0.05) is 23.7 Å². The number of aliphatic hydroxyl groups excluding tert-OH is 1. The van der Waals surface area contributed by atoms with Crippen molar-refractivity contribution in [2.24, 2.45) is 0 Å². The van der Waals surface area contributed by atoms with E-state index in [-0.39, 0.29) is 6.04 Å². The summed E-state index contributed by atoms with van der Waals surface area (Å²) < 4.78 is 11.1. The molecule has 2 aliphatic rings. The summed E-state index contributed by atoms with van der Waals surface area (Å²) in [6.07, 6.45) is -0.525. The molecular formula is C14H18ClNO3. The summed E-state index contributed by atoms with van der Waals surface area (Å²) in [5.41, 5.74) is 2.01. The maximum absolute atomic E-state index is 10.3. The van der Waals surface area contributed by atoms with Gasteiger partial charge in [-0.05, 0) is 24.6 Å². The van der Waals surface area contributed by atoms with Crippen molar-refractivity contribution in [3.05, 3.63) is 28.3 Å². The van der Waals surface area contributed by atoms with Crippen molar-refractivity contribution >= 4 is 11.6 Å². The van der Waals surface area contributed by atoms with E-state index in [1.807, 2.05) is 19.1 Å². The highest BCUT2D eigenvalue weighted by molar-refractivity contribution is 6.30. The van der Waals surface area contributed by atoms with Gasteiger partial charge in [0.1, 0.15) is 18.5 Å². The lowest BCUT2D eigenvalue weighted by molar-refractivity contribution is -0.0444. The lowest BCUT2D eigenvalue weighted by Gasteiger charge is -2.40. The zero-order valence-electron chi connectivity index (χ0n) is 10.9. The van der Waals surface area contributed by atoms with E-state index in [2.05, 4.69) is 4.90 Å². The Kier molecular flexibility index (Phi) is 3.67. The SMILES string of the molecule is Cc1cc(Cl)cc2c1OCC(O)C2N1CCOCC1. The van der Waals surface area contributed by atoms with Gasteiger partial charge in [0.25, 0.3) is 0 Å². The van der Waals surface area contributed by atoms with Crippen LogP contribution in [0.5, 0.6) is 5.75 Å². The Hall–Kier alpha value is -0.810. The van der Waals surface area contributed by atoms with Crippen molar-refractivity contribution in [1.82, 2.24) is 4.90 Å². The van der Waals surface area contributed by atoms with Crippen LogP contribution >= 0.6 is 11.6 Å². The second-order valence-corrected chi connectivity index (χ2v) is 5.55. The van der Waals surface area contributed by atoms with Gasteiger partial charge in [-0.25, -0.2) is 0 Å². The number of halogens is 1. The maximum Gasteiger partial charge on any atom is 0.127 e. The topological polar surface area (TPSA) is 41.9 Å². The van der Waals surface area contributed by atoms with Crippen LogP contribution in [0.25, 0.3) is 0 Å². The summed E-state index contributed by atoms with van der Waals surface area (Å²) in [5.74, 6) is 0.867. The summed E-state index contributed by atoms with van der Waals surface area (Å²) in [7, 11) is 0. The second kappa shape index (κ2) is 5.29. The fraction of sp³-hybridized carbons (Fsp3) is 0.571. The zero-order valence-corrected chi connectivity index (χ0v) is 11.7. The summed E-state index contributed by atoms with van der Waals surface area (Å²) in [6.45, 7) is 5.38. The molecule has 2 heterocycles. The van der Waals surface area contributed by atoms with E-state index >= 15 is 0 Å². The number of hydrogen-bond donors (Lipinski definition) is 1. The molecule has 3 rings (SSSR count). The second-order valence-electron chi connectivity index (χ2n) is 5.11. The number of morpholine rings is 1. The number of nitrogens with zero attached hydrogens (tertiary/aromatic N) is 1. The molecule has 0 bridgehead atoms. The van der Waals surface area contributed by atoms with Crippen LogP contribution < -0.4 is 4.74 Å². The average molecular weight is 284 g/mol. The van der Waals surface area contributed by atoms with Crippen LogP contribution in [-0.4, -0.2) is 49.0 Å². The molecule has 0 amide bonds. The van der Waals surface area contributed by atoms with Crippen LogP contribution in [0.3, 0.4) is 0 Å². The summed E-state index contributed by atoms with van der Waals surface area (Å²) in [6, 6.07) is 3.76. The Balaban J connectivity index is 2.00. The largest absolute Gasteiger partial charge is 0.490 e. The predicted molar refractivity (Wildman–Crippen MR) is 72.8 cm³/mol. The van der Waals surface area contributed by atoms with E-state index in [4.69, 9.17) is 21.1 Å². The number of benzene rings is 1. The van der Waals surface area contributed by atoms with E-state index < -0.39 is 6.10 Å².